The third kappa shape index (κ3) is 14.7. The van der Waals surface area contributed by atoms with Gasteiger partial charge in [0, 0.05) is 6.61 Å². The first-order chi connectivity index (χ1) is 11.3. The molecule has 0 aliphatic carbocycles. The number of ether oxygens (including phenoxy) is 2. The van der Waals surface area contributed by atoms with Gasteiger partial charge in [0.2, 0.25) is 0 Å². The smallest absolute Gasteiger partial charge is 0.335 e. The van der Waals surface area contributed by atoms with E-state index in [9.17, 15) is 4.79 Å². The predicted octanol–water partition coefficient (Wildman–Crippen LogP) is 6.05. The zero-order chi connectivity index (χ0) is 17.2. The van der Waals surface area contributed by atoms with E-state index in [0.717, 1.165) is 12.8 Å². The van der Waals surface area contributed by atoms with Crippen molar-refractivity contribution in [3.8, 4) is 0 Å². The summed E-state index contributed by atoms with van der Waals surface area (Å²) in [4.78, 5) is 11.7. The number of hydrogen-bond donors (Lipinski definition) is 0. The van der Waals surface area contributed by atoms with Crippen molar-refractivity contribution in [2.45, 2.75) is 110 Å². The highest BCUT2D eigenvalue weighted by molar-refractivity contribution is 5.74. The number of rotatable bonds is 17. The second-order valence-electron chi connectivity index (χ2n) is 6.37. The molecule has 0 rings (SSSR count). The van der Waals surface area contributed by atoms with Crippen LogP contribution in [-0.2, 0) is 14.3 Å². The lowest BCUT2D eigenvalue weighted by Crippen LogP contribution is -2.26. The van der Waals surface area contributed by atoms with Gasteiger partial charge in [-0.2, -0.15) is 0 Å². The molecule has 0 saturated carbocycles. The number of carbonyl (C=O) groups is 1. The minimum absolute atomic E-state index is 0.197. The summed E-state index contributed by atoms with van der Waals surface area (Å²) in [7, 11) is 0. The molecular weight excluding hydrogens is 288 g/mol. The highest BCUT2D eigenvalue weighted by Crippen LogP contribution is 2.14. The van der Waals surface area contributed by atoms with Crippen molar-refractivity contribution >= 4 is 5.97 Å². The average molecular weight is 329 g/mol. The van der Waals surface area contributed by atoms with Crippen LogP contribution in [0.5, 0.6) is 0 Å². The fourth-order valence-electron chi connectivity index (χ4n) is 2.88. The van der Waals surface area contributed by atoms with E-state index in [0.29, 0.717) is 13.2 Å². The van der Waals surface area contributed by atoms with Crippen molar-refractivity contribution < 1.29 is 14.3 Å². The van der Waals surface area contributed by atoms with Gasteiger partial charge in [-0.25, -0.2) is 4.79 Å². The Bertz CT molecular complexity index is 253. The zero-order valence-electron chi connectivity index (χ0n) is 15.9. The van der Waals surface area contributed by atoms with Gasteiger partial charge in [-0.05, 0) is 20.3 Å². The maximum absolute atomic E-state index is 11.7. The first kappa shape index (κ1) is 22.4. The third-order valence-electron chi connectivity index (χ3n) is 4.24. The summed E-state index contributed by atoms with van der Waals surface area (Å²) in [6.07, 6.45) is 16.4. The van der Waals surface area contributed by atoms with E-state index >= 15 is 0 Å². The van der Waals surface area contributed by atoms with Gasteiger partial charge in [-0.15, -0.1) is 0 Å². The highest BCUT2D eigenvalue weighted by atomic mass is 16.6. The van der Waals surface area contributed by atoms with E-state index in [1.165, 1.54) is 70.6 Å². The number of hydrogen-bond acceptors (Lipinski definition) is 3. The summed E-state index contributed by atoms with van der Waals surface area (Å²) in [6.45, 7) is 7.03. The normalized spacial score (nSPS) is 12.3. The van der Waals surface area contributed by atoms with E-state index < -0.39 is 0 Å². The summed E-state index contributed by atoms with van der Waals surface area (Å²) in [6, 6.07) is 0. The molecule has 0 fully saturated rings. The first-order valence-electron chi connectivity index (χ1n) is 10.0. The average Bonchev–Trinajstić information content (AvgIpc) is 2.55. The van der Waals surface area contributed by atoms with E-state index in [1.54, 1.807) is 0 Å². The van der Waals surface area contributed by atoms with Gasteiger partial charge < -0.3 is 9.47 Å². The van der Waals surface area contributed by atoms with Crippen LogP contribution in [0, 0.1) is 0 Å². The van der Waals surface area contributed by atoms with Crippen LogP contribution in [0.2, 0.25) is 0 Å². The Morgan fingerprint density at radius 1 is 0.696 bits per heavy atom. The molecule has 138 valence electrons. The lowest BCUT2D eigenvalue weighted by atomic mass is 10.0. The molecule has 1 unspecified atom stereocenters. The van der Waals surface area contributed by atoms with Gasteiger partial charge in [0.25, 0.3) is 0 Å². The Hall–Kier alpha value is -0.570. The number of esters is 1. The van der Waals surface area contributed by atoms with Gasteiger partial charge in [0.15, 0.2) is 6.10 Å². The molecule has 23 heavy (non-hydrogen) atoms. The molecule has 3 nitrogen and oxygen atoms in total. The van der Waals surface area contributed by atoms with Crippen LogP contribution in [0.4, 0.5) is 0 Å². The lowest BCUT2D eigenvalue weighted by molar-refractivity contribution is -0.156. The molecule has 1 atom stereocenters. The summed E-state index contributed by atoms with van der Waals surface area (Å²) >= 11 is 0. The molecule has 0 spiro atoms. The van der Waals surface area contributed by atoms with Crippen molar-refractivity contribution in [1.29, 1.82) is 0 Å². The minimum Gasteiger partial charge on any atom is -0.464 e. The fraction of sp³-hybridized carbons (Fsp3) is 0.950. The maximum Gasteiger partial charge on any atom is 0.335 e. The monoisotopic (exact) mass is 328 g/mol. The fourth-order valence-corrected chi connectivity index (χ4v) is 2.88. The van der Waals surface area contributed by atoms with Crippen molar-refractivity contribution in [2.75, 3.05) is 13.2 Å². The summed E-state index contributed by atoms with van der Waals surface area (Å²) in [5.41, 5.74) is 0. The molecule has 0 aromatic rings. The lowest BCUT2D eigenvalue weighted by Gasteiger charge is -2.15. The van der Waals surface area contributed by atoms with E-state index in [1.807, 2.05) is 13.8 Å². The van der Waals surface area contributed by atoms with Gasteiger partial charge in [-0.3, -0.25) is 0 Å². The summed E-state index contributed by atoms with van der Waals surface area (Å²) < 4.78 is 10.5. The Balaban J connectivity index is 3.40. The Morgan fingerprint density at radius 3 is 1.61 bits per heavy atom. The molecular formula is C20H40O3. The minimum atomic E-state index is -0.358. The Kier molecular flexibility index (Phi) is 17.3. The van der Waals surface area contributed by atoms with Crippen LogP contribution in [0.1, 0.15) is 104 Å². The number of carbonyl (C=O) groups excluding carboxylic acids is 1. The first-order valence-corrected chi connectivity index (χ1v) is 10.0. The SMILES string of the molecule is CCCCCCCCCCCCCCC(OCC)C(=O)OCC. The summed E-state index contributed by atoms with van der Waals surface area (Å²) in [5, 5.41) is 0. The van der Waals surface area contributed by atoms with Crippen molar-refractivity contribution in [1.82, 2.24) is 0 Å². The molecule has 0 radical (unpaired) electrons. The van der Waals surface area contributed by atoms with Crippen molar-refractivity contribution in [3.05, 3.63) is 0 Å². The molecule has 0 bridgehead atoms. The van der Waals surface area contributed by atoms with Gasteiger partial charge in [-0.1, -0.05) is 84.0 Å². The van der Waals surface area contributed by atoms with Crippen LogP contribution < -0.4 is 0 Å². The summed E-state index contributed by atoms with van der Waals surface area (Å²) in [5.74, 6) is -0.197. The maximum atomic E-state index is 11.7. The number of unbranched alkanes of at least 4 members (excludes halogenated alkanes) is 11. The molecule has 0 aromatic carbocycles. The Morgan fingerprint density at radius 2 is 1.17 bits per heavy atom. The van der Waals surface area contributed by atoms with E-state index in [-0.39, 0.29) is 12.1 Å². The van der Waals surface area contributed by atoms with Gasteiger partial charge in [0.1, 0.15) is 0 Å². The highest BCUT2D eigenvalue weighted by Gasteiger charge is 2.18. The van der Waals surface area contributed by atoms with Gasteiger partial charge in [0.05, 0.1) is 6.61 Å². The molecule has 0 heterocycles. The molecule has 0 aromatic heterocycles. The molecule has 0 amide bonds. The second kappa shape index (κ2) is 17.8. The molecule has 0 aliphatic heterocycles. The second-order valence-corrected chi connectivity index (χ2v) is 6.37. The molecule has 0 saturated heterocycles. The standard InChI is InChI=1S/C20H40O3/c1-4-7-8-9-10-11-12-13-14-15-16-17-18-19(22-5-2)20(21)23-6-3/h19H,4-18H2,1-3H3. The van der Waals surface area contributed by atoms with Crippen molar-refractivity contribution in [3.63, 3.8) is 0 Å². The topological polar surface area (TPSA) is 35.5 Å². The van der Waals surface area contributed by atoms with E-state index in [4.69, 9.17) is 9.47 Å². The molecule has 0 aliphatic rings. The van der Waals surface area contributed by atoms with E-state index in [2.05, 4.69) is 6.92 Å². The molecule has 3 heteroatoms. The van der Waals surface area contributed by atoms with Crippen LogP contribution in [-0.4, -0.2) is 25.3 Å². The van der Waals surface area contributed by atoms with Crippen LogP contribution >= 0.6 is 0 Å². The van der Waals surface area contributed by atoms with Gasteiger partial charge >= 0.3 is 5.97 Å². The third-order valence-corrected chi connectivity index (χ3v) is 4.24. The zero-order valence-corrected chi connectivity index (χ0v) is 15.9. The van der Waals surface area contributed by atoms with Crippen molar-refractivity contribution in [2.24, 2.45) is 0 Å². The van der Waals surface area contributed by atoms with Crippen LogP contribution in [0.3, 0.4) is 0 Å². The predicted molar refractivity (Wildman–Crippen MR) is 97.7 cm³/mol. The molecule has 0 N–H and O–H groups in total. The van der Waals surface area contributed by atoms with Crippen LogP contribution in [0.15, 0.2) is 0 Å². The largest absolute Gasteiger partial charge is 0.464 e. The van der Waals surface area contributed by atoms with Crippen LogP contribution in [0.25, 0.3) is 0 Å². The Labute approximate surface area is 144 Å². The quantitative estimate of drug-likeness (QED) is 0.241.